The SMILES string of the molecule is [2H]c1c([2H])c([2H])c(-c2c([2H])c([2H])c(-c3c4c([2H])c([2H])c([2H])c([2H])c4c(-c4c([2H])c([2H])c([2H])c5oc6c([2H])c([2H])c([2H])c([2H])c6c45)c4c([2H])c([2H])c([2H])c([2H])c34)c3c([2H])c([2H])c([2H])c([2H])c23)c([2H])c1[2H].[2H]c1c([2H])c([2H])c2c(oc3c([2H])c([2H])c([2H])c(-c4c5c([2H])c([2H])c([2H])c([2H])c5c(-c5c([2H])c([2H])c(-c6c([2H])c([2H])c([2H])c7c([2H])c([2H])c([2H])c([2H])c67)c6c([2H])c([2H])c([2H])c([2H])c56)c5c([2H])c([2H])c([2H])c([2H])c45)c32)c1[2H]. The van der Waals surface area contributed by atoms with Crippen molar-refractivity contribution < 1.29 is 82.9 Å². The Morgan fingerprint density at radius 2 is 0.433 bits per heavy atom. The fourth-order valence-corrected chi connectivity index (χ4v) is 11.3. The van der Waals surface area contributed by atoms with Gasteiger partial charge in [-0.25, -0.2) is 0 Å². The highest BCUT2D eigenvalue weighted by molar-refractivity contribution is 6.29. The van der Waals surface area contributed by atoms with Gasteiger partial charge in [-0.2, -0.15) is 0 Å². The molecule has 0 aliphatic carbocycles. The highest BCUT2D eigenvalue weighted by Crippen LogP contribution is 2.51. The molecular formula is C88H54O2. The van der Waals surface area contributed by atoms with Gasteiger partial charge in [0.2, 0.25) is 0 Å². The minimum absolute atomic E-state index is 0.474. The average molecular weight is 1200 g/mol. The van der Waals surface area contributed by atoms with E-state index in [0.717, 1.165) is 0 Å². The molecule has 0 bridgehead atoms. The summed E-state index contributed by atoms with van der Waals surface area (Å²) in [5, 5.41) is -12.3. The van der Waals surface area contributed by atoms with Crippen LogP contribution in [0.3, 0.4) is 0 Å². The van der Waals surface area contributed by atoms with Crippen LogP contribution >= 0.6 is 0 Å². The number of hydrogen-bond donors (Lipinski definition) is 0. The van der Waals surface area contributed by atoms with Crippen molar-refractivity contribution in [3.8, 4) is 66.8 Å². The minimum atomic E-state index is -1.13. The molecule has 0 amide bonds. The maximum atomic E-state index is 9.92. The van der Waals surface area contributed by atoms with Crippen LogP contribution in [0.1, 0.15) is 74.0 Å². The van der Waals surface area contributed by atoms with Gasteiger partial charge in [-0.05, 0) is 166 Å². The van der Waals surface area contributed by atoms with Crippen molar-refractivity contribution in [1.82, 2.24) is 0 Å². The smallest absolute Gasteiger partial charge is 0.136 e. The third-order valence-electron chi connectivity index (χ3n) is 15.0. The van der Waals surface area contributed by atoms with Crippen LogP contribution in [0.15, 0.2) is 335 Å². The van der Waals surface area contributed by atoms with Crippen molar-refractivity contribution in [2.24, 2.45) is 0 Å². The lowest BCUT2D eigenvalue weighted by Crippen LogP contribution is -1.93. The van der Waals surface area contributed by atoms with E-state index in [4.69, 9.17) is 56.8 Å². The number of para-hydroxylation sites is 2. The molecule has 2 heterocycles. The van der Waals surface area contributed by atoms with Gasteiger partial charge in [0.05, 0.1) is 74.0 Å². The summed E-state index contributed by atoms with van der Waals surface area (Å²) in [7, 11) is 0. The lowest BCUT2D eigenvalue weighted by molar-refractivity contribution is 0.668. The molecule has 0 fully saturated rings. The topological polar surface area (TPSA) is 26.3 Å². The molecule has 0 atom stereocenters. The summed E-state index contributed by atoms with van der Waals surface area (Å²) in [6.45, 7) is 0. The van der Waals surface area contributed by atoms with Crippen LogP contribution in [0.2, 0.25) is 0 Å². The lowest BCUT2D eigenvalue weighted by Gasteiger charge is -2.20. The van der Waals surface area contributed by atoms with Gasteiger partial charge in [-0.3, -0.25) is 0 Å². The van der Waals surface area contributed by atoms with Crippen molar-refractivity contribution in [1.29, 1.82) is 0 Å². The first-order valence-corrected chi connectivity index (χ1v) is 26.6. The Hall–Kier alpha value is -11.8. The van der Waals surface area contributed by atoms with E-state index in [1.54, 1.807) is 0 Å². The van der Waals surface area contributed by atoms with E-state index in [1.807, 2.05) is 0 Å². The van der Waals surface area contributed by atoms with Gasteiger partial charge >= 0.3 is 0 Å². The fourth-order valence-electron chi connectivity index (χ4n) is 11.3. The molecule has 0 radical (unpaired) electrons. The van der Waals surface area contributed by atoms with Crippen LogP contribution in [0.4, 0.5) is 0 Å². The monoisotopic (exact) mass is 1200 g/mol. The number of furan rings is 2. The minimum Gasteiger partial charge on any atom is -0.456 e. The molecule has 418 valence electrons. The largest absolute Gasteiger partial charge is 0.456 e. The Kier molecular flexibility index (Phi) is 4.87. The first kappa shape index (κ1) is 20.9. The lowest BCUT2D eigenvalue weighted by atomic mass is 9.83. The van der Waals surface area contributed by atoms with E-state index in [-0.39, 0.29) is 0 Å². The van der Waals surface area contributed by atoms with Gasteiger partial charge < -0.3 is 8.83 Å². The van der Waals surface area contributed by atoms with Crippen molar-refractivity contribution in [3.63, 3.8) is 0 Å². The standard InChI is InChI=1S/C46H28O.C42H26O/c1-2-15-30-29(13-1)14-11-23-31(30)34-27-28-39(33-17-4-3-16-32(33)34)44-35-18-5-7-20-37(35)45(38-21-8-6-19-36(38)44)41-24-12-26-43-46(41)40-22-9-10-25-42(40)47-43;1-2-13-27(14-3-1)28-25-26-35(30-16-5-4-15-29(28)30)40-31-17-6-8-19-33(31)41(34-20-9-7-18-32(34)40)37-22-12-24-39-42(37)36-21-10-11-23-38(36)43-39/h1-28H;1-26H/i1D,2D,3D,4D,5D,6D,7D,8D,9D,10D,11D,12D,13D,14D,15D,16D,17D,18D,19D,20D,21D,22D,23D,24D,25D,26D,27D,28D;1D,2D,3D,4D,5D,6D,7D,8D,9D,10D,11D,12D,13D,14D,15D,16D,17D,18D,19D,20D,21D,22D,23D,24D,25D,26D. The molecule has 0 saturated heterocycles. The molecule has 0 N–H and O–H groups in total. The molecular weight excluding hydrogens is 1090 g/mol. The van der Waals surface area contributed by atoms with Gasteiger partial charge in [-0.1, -0.05) is 302 Å². The quantitative estimate of drug-likeness (QED) is 0.155. The first-order valence-electron chi connectivity index (χ1n) is 53.6. The van der Waals surface area contributed by atoms with Crippen molar-refractivity contribution in [2.75, 3.05) is 0 Å². The van der Waals surface area contributed by atoms with Crippen LogP contribution in [-0.2, 0) is 0 Å². The third-order valence-corrected chi connectivity index (χ3v) is 15.0. The molecule has 2 heteroatoms. The Balaban J connectivity index is 0.000000190. The first-order chi connectivity index (χ1) is 67.1. The Morgan fingerprint density at radius 3 is 0.878 bits per heavy atom. The van der Waals surface area contributed by atoms with Crippen LogP contribution in [-0.4, -0.2) is 0 Å². The maximum absolute atomic E-state index is 9.92. The molecule has 2 nitrogen and oxygen atoms in total. The number of fused-ring (bicyclic) bond motifs is 13. The summed E-state index contributed by atoms with van der Waals surface area (Å²) < 4.78 is 498. The van der Waals surface area contributed by atoms with Crippen LogP contribution in [0.5, 0.6) is 0 Å². The molecule has 19 aromatic rings. The normalized spacial score (nSPS) is 20.2. The fraction of sp³-hybridized carbons (Fsp3) is 0. The van der Waals surface area contributed by atoms with Gasteiger partial charge in [0.15, 0.2) is 0 Å². The number of rotatable bonds is 6. The Morgan fingerprint density at radius 1 is 0.167 bits per heavy atom. The molecule has 2 aromatic heterocycles. The second kappa shape index (κ2) is 21.0. The van der Waals surface area contributed by atoms with E-state index in [9.17, 15) is 26.0 Å². The summed E-state index contributed by atoms with van der Waals surface area (Å²) in [6, 6.07) is -51.0. The Bertz CT molecular complexity index is 9280. The van der Waals surface area contributed by atoms with Crippen LogP contribution in [0, 0.1) is 0 Å². The zero-order chi connectivity index (χ0) is 106. The maximum Gasteiger partial charge on any atom is 0.136 e. The van der Waals surface area contributed by atoms with Gasteiger partial charge in [0, 0.05) is 21.5 Å². The Labute approximate surface area is 595 Å². The number of benzene rings is 17. The van der Waals surface area contributed by atoms with Crippen molar-refractivity contribution in [2.45, 2.75) is 0 Å². The molecule has 0 saturated carbocycles. The second-order valence-electron chi connectivity index (χ2n) is 19.5. The molecule has 0 spiro atoms. The highest BCUT2D eigenvalue weighted by atomic mass is 16.3. The predicted octanol–water partition coefficient (Wildman–Crippen LogP) is 25.2. The van der Waals surface area contributed by atoms with Gasteiger partial charge in [-0.15, -0.1) is 0 Å². The molecule has 19 rings (SSSR count). The van der Waals surface area contributed by atoms with E-state index in [0.29, 0.717) is 0 Å². The van der Waals surface area contributed by atoms with E-state index in [2.05, 4.69) is 0 Å². The summed E-state index contributed by atoms with van der Waals surface area (Å²) in [6.07, 6.45) is 0. The third kappa shape index (κ3) is 8.05. The zero-order valence-electron chi connectivity index (χ0n) is 98.8. The molecule has 17 aromatic carbocycles. The number of hydrogen-bond acceptors (Lipinski definition) is 2. The summed E-state index contributed by atoms with van der Waals surface area (Å²) in [4.78, 5) is 0. The van der Waals surface area contributed by atoms with Crippen molar-refractivity contribution in [3.05, 3.63) is 326 Å². The van der Waals surface area contributed by atoms with Crippen molar-refractivity contribution >= 4 is 119 Å². The molecule has 0 aliphatic heterocycles. The van der Waals surface area contributed by atoms with Gasteiger partial charge in [0.25, 0.3) is 0 Å². The summed E-state index contributed by atoms with van der Waals surface area (Å²) in [5.41, 5.74) is -11.3. The van der Waals surface area contributed by atoms with E-state index in [1.165, 1.54) is 0 Å². The van der Waals surface area contributed by atoms with Crippen LogP contribution < -0.4 is 0 Å². The highest BCUT2D eigenvalue weighted by Gasteiger charge is 2.24. The molecule has 90 heavy (non-hydrogen) atoms. The average Bonchev–Trinajstić information content (AvgIpc) is 1.13. The predicted molar refractivity (Wildman–Crippen MR) is 383 cm³/mol. The van der Waals surface area contributed by atoms with Crippen LogP contribution in [0.25, 0.3) is 186 Å². The van der Waals surface area contributed by atoms with E-state index < -0.39 is 512 Å². The zero-order valence-corrected chi connectivity index (χ0v) is 44.8. The molecule has 0 unspecified atom stereocenters. The van der Waals surface area contributed by atoms with Gasteiger partial charge in [0.1, 0.15) is 22.3 Å². The summed E-state index contributed by atoms with van der Waals surface area (Å²) in [5.74, 6) is 0. The second-order valence-corrected chi connectivity index (χ2v) is 19.5. The molecule has 0 aliphatic rings. The van der Waals surface area contributed by atoms with E-state index >= 15 is 0 Å². The summed E-state index contributed by atoms with van der Waals surface area (Å²) >= 11 is 0.